The van der Waals surface area contributed by atoms with Crippen LogP contribution in [0.25, 0.3) is 0 Å². The van der Waals surface area contributed by atoms with Gasteiger partial charge in [-0.05, 0) is 57.6 Å². The zero-order valence-electron chi connectivity index (χ0n) is 13.1. The lowest BCUT2D eigenvalue weighted by atomic mass is 9.86. The second-order valence-electron chi connectivity index (χ2n) is 6.58. The first-order valence-corrected chi connectivity index (χ1v) is 8.66. The van der Waals surface area contributed by atoms with Crippen LogP contribution in [0.4, 0.5) is 5.69 Å². The monoisotopic (exact) mass is 321 g/mol. The number of carbonyl (C=O) groups is 1. The van der Waals surface area contributed by atoms with Crippen LogP contribution in [0.15, 0.2) is 12.3 Å². The number of Topliss-reactive ketones (excluding diaryl/α,β-unsaturated/α-hetero) is 1. The van der Waals surface area contributed by atoms with Crippen molar-refractivity contribution in [3.63, 3.8) is 0 Å². The van der Waals surface area contributed by atoms with Gasteiger partial charge in [-0.25, -0.2) is 4.98 Å². The first-order chi connectivity index (χ1) is 10.7. The van der Waals surface area contributed by atoms with Gasteiger partial charge in [-0.3, -0.25) is 4.79 Å². The summed E-state index contributed by atoms with van der Waals surface area (Å²) in [5.74, 6) is 1.08. The summed E-state index contributed by atoms with van der Waals surface area (Å²) in [6, 6.07) is 2.45. The van der Waals surface area contributed by atoms with Crippen molar-refractivity contribution in [1.82, 2.24) is 10.3 Å². The summed E-state index contributed by atoms with van der Waals surface area (Å²) < 4.78 is 0. The maximum absolute atomic E-state index is 12.3. The third kappa shape index (κ3) is 3.79. The molecule has 0 saturated heterocycles. The van der Waals surface area contributed by atoms with E-state index in [0.29, 0.717) is 22.7 Å². The van der Waals surface area contributed by atoms with Gasteiger partial charge in [-0.2, -0.15) is 0 Å². The van der Waals surface area contributed by atoms with Gasteiger partial charge < -0.3 is 10.6 Å². The number of rotatable bonds is 6. The summed E-state index contributed by atoms with van der Waals surface area (Å²) in [5, 5.41) is 7.25. The van der Waals surface area contributed by atoms with Crippen LogP contribution in [0.3, 0.4) is 0 Å². The molecule has 2 N–H and O–H groups in total. The normalized spacial score (nSPS) is 25.0. The van der Waals surface area contributed by atoms with E-state index in [0.717, 1.165) is 25.1 Å². The van der Waals surface area contributed by atoms with Crippen molar-refractivity contribution in [3.05, 3.63) is 23.0 Å². The quantitative estimate of drug-likeness (QED) is 0.622. The van der Waals surface area contributed by atoms with Gasteiger partial charge in [0.2, 0.25) is 0 Å². The Balaban J connectivity index is 1.62. The minimum atomic E-state index is 0.203. The first kappa shape index (κ1) is 15.8. The van der Waals surface area contributed by atoms with Crippen LogP contribution in [0.1, 0.15) is 48.9 Å². The minimum absolute atomic E-state index is 0.203. The SMILES string of the molecule is CNC1CCC(CNc2cc(Cl)ncc2C(=O)C2CC2)CC1. The minimum Gasteiger partial charge on any atom is -0.384 e. The molecule has 0 radical (unpaired) electrons. The zero-order valence-corrected chi connectivity index (χ0v) is 13.8. The van der Waals surface area contributed by atoms with Crippen molar-refractivity contribution in [3.8, 4) is 0 Å². The molecule has 0 aromatic carbocycles. The molecule has 0 bridgehead atoms. The fourth-order valence-electron chi connectivity index (χ4n) is 3.25. The average Bonchev–Trinajstić information content (AvgIpc) is 3.38. The highest BCUT2D eigenvalue weighted by molar-refractivity contribution is 6.29. The lowest BCUT2D eigenvalue weighted by molar-refractivity contribution is 0.0968. The molecule has 22 heavy (non-hydrogen) atoms. The Hall–Kier alpha value is -1.13. The van der Waals surface area contributed by atoms with E-state index < -0.39 is 0 Å². The number of halogens is 1. The van der Waals surface area contributed by atoms with Gasteiger partial charge in [0.25, 0.3) is 0 Å². The topological polar surface area (TPSA) is 54.0 Å². The van der Waals surface area contributed by atoms with E-state index in [1.54, 1.807) is 12.3 Å². The molecule has 2 fully saturated rings. The number of hydrogen-bond donors (Lipinski definition) is 2. The molecule has 2 aliphatic carbocycles. The lowest BCUT2D eigenvalue weighted by Crippen LogP contribution is -2.32. The fourth-order valence-corrected chi connectivity index (χ4v) is 3.41. The van der Waals surface area contributed by atoms with E-state index in [2.05, 4.69) is 15.6 Å². The van der Waals surface area contributed by atoms with E-state index in [-0.39, 0.29) is 11.7 Å². The van der Waals surface area contributed by atoms with Crippen molar-refractivity contribution in [2.45, 2.75) is 44.6 Å². The largest absolute Gasteiger partial charge is 0.384 e. The Bertz CT molecular complexity index is 537. The number of pyridine rings is 1. The van der Waals surface area contributed by atoms with Crippen LogP contribution in [-0.4, -0.2) is 30.4 Å². The van der Waals surface area contributed by atoms with E-state index in [1.165, 1.54) is 25.7 Å². The average molecular weight is 322 g/mol. The number of nitrogens with zero attached hydrogens (tertiary/aromatic N) is 1. The van der Waals surface area contributed by atoms with Crippen molar-refractivity contribution in [2.24, 2.45) is 11.8 Å². The third-order valence-corrected chi connectivity index (χ3v) is 5.13. The smallest absolute Gasteiger partial charge is 0.169 e. The molecule has 0 atom stereocenters. The zero-order chi connectivity index (χ0) is 15.5. The van der Waals surface area contributed by atoms with Gasteiger partial charge in [0.15, 0.2) is 5.78 Å². The highest BCUT2D eigenvalue weighted by atomic mass is 35.5. The number of hydrogen-bond acceptors (Lipinski definition) is 4. The van der Waals surface area contributed by atoms with Crippen molar-refractivity contribution in [1.29, 1.82) is 0 Å². The standard InChI is InChI=1S/C17H24ClN3O/c1-19-13-6-2-11(3-7-13)9-20-15-8-16(18)21-10-14(15)17(22)12-4-5-12/h8,10-13,19H,2-7,9H2,1H3,(H,20,21). The Kier molecular flexibility index (Phi) is 4.99. The summed E-state index contributed by atoms with van der Waals surface area (Å²) in [6.45, 7) is 0.904. The second-order valence-corrected chi connectivity index (χ2v) is 6.97. The molecule has 4 nitrogen and oxygen atoms in total. The van der Waals surface area contributed by atoms with Gasteiger partial charge >= 0.3 is 0 Å². The molecular formula is C17H24ClN3O. The molecule has 0 amide bonds. The van der Waals surface area contributed by atoms with Crippen LogP contribution < -0.4 is 10.6 Å². The van der Waals surface area contributed by atoms with E-state index in [9.17, 15) is 4.79 Å². The molecule has 0 spiro atoms. The molecule has 120 valence electrons. The molecule has 2 aliphatic rings. The Morgan fingerprint density at radius 1 is 1.27 bits per heavy atom. The van der Waals surface area contributed by atoms with Crippen LogP contribution in [-0.2, 0) is 0 Å². The summed E-state index contributed by atoms with van der Waals surface area (Å²) in [6.07, 6.45) is 8.56. The summed E-state index contributed by atoms with van der Waals surface area (Å²) >= 11 is 6.01. The molecule has 1 aromatic heterocycles. The molecule has 2 saturated carbocycles. The molecule has 0 unspecified atom stereocenters. The van der Waals surface area contributed by atoms with Crippen LogP contribution >= 0.6 is 11.6 Å². The first-order valence-electron chi connectivity index (χ1n) is 8.28. The summed E-state index contributed by atoms with van der Waals surface area (Å²) in [7, 11) is 2.04. The van der Waals surface area contributed by atoms with E-state index in [4.69, 9.17) is 11.6 Å². The highest BCUT2D eigenvalue weighted by Gasteiger charge is 2.32. The molecule has 5 heteroatoms. The van der Waals surface area contributed by atoms with Gasteiger partial charge in [-0.1, -0.05) is 11.6 Å². The van der Waals surface area contributed by atoms with Crippen molar-refractivity contribution in [2.75, 3.05) is 18.9 Å². The Morgan fingerprint density at radius 3 is 2.64 bits per heavy atom. The Labute approximate surface area is 137 Å². The maximum Gasteiger partial charge on any atom is 0.169 e. The number of anilines is 1. The van der Waals surface area contributed by atoms with Crippen molar-refractivity contribution < 1.29 is 4.79 Å². The summed E-state index contributed by atoms with van der Waals surface area (Å²) in [5.41, 5.74) is 1.56. The number of nitrogens with one attached hydrogen (secondary N) is 2. The second kappa shape index (κ2) is 6.97. The highest BCUT2D eigenvalue weighted by Crippen LogP contribution is 2.35. The molecule has 1 heterocycles. The Morgan fingerprint density at radius 2 is 2.00 bits per heavy atom. The predicted octanol–water partition coefficient (Wildman–Crippen LogP) is 3.52. The van der Waals surface area contributed by atoms with Crippen LogP contribution in [0, 0.1) is 11.8 Å². The number of carbonyl (C=O) groups excluding carboxylic acids is 1. The maximum atomic E-state index is 12.3. The predicted molar refractivity (Wildman–Crippen MR) is 89.6 cm³/mol. The van der Waals surface area contributed by atoms with Crippen LogP contribution in [0.5, 0.6) is 0 Å². The van der Waals surface area contributed by atoms with Crippen LogP contribution in [0.2, 0.25) is 5.15 Å². The van der Waals surface area contributed by atoms with Gasteiger partial charge in [0.1, 0.15) is 5.15 Å². The van der Waals surface area contributed by atoms with E-state index >= 15 is 0 Å². The lowest BCUT2D eigenvalue weighted by Gasteiger charge is -2.28. The van der Waals surface area contributed by atoms with Gasteiger partial charge in [0, 0.05) is 30.4 Å². The summed E-state index contributed by atoms with van der Waals surface area (Å²) in [4.78, 5) is 16.4. The van der Waals surface area contributed by atoms with Gasteiger partial charge in [0.05, 0.1) is 5.56 Å². The number of ketones is 1. The fraction of sp³-hybridized carbons (Fsp3) is 0.647. The molecule has 1 aromatic rings. The van der Waals surface area contributed by atoms with Crippen molar-refractivity contribution >= 4 is 23.1 Å². The molecular weight excluding hydrogens is 298 g/mol. The number of aromatic nitrogens is 1. The molecule has 0 aliphatic heterocycles. The van der Waals surface area contributed by atoms with E-state index in [1.807, 2.05) is 7.05 Å². The molecule has 3 rings (SSSR count). The third-order valence-electron chi connectivity index (χ3n) is 4.92. The van der Waals surface area contributed by atoms with Gasteiger partial charge in [-0.15, -0.1) is 0 Å².